The van der Waals surface area contributed by atoms with Gasteiger partial charge in [0.05, 0.1) is 17.9 Å². The Morgan fingerprint density at radius 2 is 2.04 bits per heavy atom. The molecule has 2 aromatic rings. The molecule has 0 spiro atoms. The second kappa shape index (κ2) is 7.46. The summed E-state index contributed by atoms with van der Waals surface area (Å²) in [5, 5.41) is 13.0. The Balaban J connectivity index is 2.34. The van der Waals surface area contributed by atoms with Crippen molar-refractivity contribution in [3.05, 3.63) is 35.5 Å². The number of aromatic carboxylic acids is 1. The number of carbonyl (C=O) groups excluding carboxylic acids is 3. The van der Waals surface area contributed by atoms with Crippen LogP contribution in [0.5, 0.6) is 0 Å². The van der Waals surface area contributed by atoms with Crippen molar-refractivity contribution >= 4 is 35.0 Å². The minimum Gasteiger partial charge on any atom is -0.477 e. The summed E-state index contributed by atoms with van der Waals surface area (Å²) >= 11 is 0. The highest BCUT2D eigenvalue weighted by Gasteiger charge is 2.53. The standard InChI is InChI=1S/C20H23N3O5/c1-23-14-8-3-2-6-12(14)15(16(23)18(26)27)20(19(21)28)9-5-4-7-13(20)17(25)22-10-11-24/h2-3,6,8,11,13H,4-5,7,9-10H2,1H3,(H2,21,28)(H,22,25)(H,26,27)/t13-,20-/m0/s1. The fraction of sp³-hybridized carbons (Fsp3) is 0.400. The molecule has 8 heteroatoms. The quantitative estimate of drug-likeness (QED) is 0.641. The average Bonchev–Trinajstić information content (AvgIpc) is 2.99. The molecule has 4 N–H and O–H groups in total. The summed E-state index contributed by atoms with van der Waals surface area (Å²) < 4.78 is 1.52. The zero-order chi connectivity index (χ0) is 20.5. The number of hydrogen-bond donors (Lipinski definition) is 3. The van der Waals surface area contributed by atoms with Crippen molar-refractivity contribution in [1.82, 2.24) is 9.88 Å². The van der Waals surface area contributed by atoms with E-state index in [0.717, 1.165) is 0 Å². The first-order valence-corrected chi connectivity index (χ1v) is 9.18. The smallest absolute Gasteiger partial charge is 0.352 e. The minimum atomic E-state index is -1.46. The molecule has 8 nitrogen and oxygen atoms in total. The Hall–Kier alpha value is -3.16. The van der Waals surface area contributed by atoms with E-state index < -0.39 is 29.1 Å². The van der Waals surface area contributed by atoms with Gasteiger partial charge in [-0.2, -0.15) is 0 Å². The second-order valence-corrected chi connectivity index (χ2v) is 7.15. The largest absolute Gasteiger partial charge is 0.477 e. The number of amides is 2. The summed E-state index contributed by atoms with van der Waals surface area (Å²) in [6, 6.07) is 7.06. The van der Waals surface area contributed by atoms with Gasteiger partial charge in [0.15, 0.2) is 0 Å². The number of nitrogens with zero attached hydrogens (tertiary/aromatic N) is 1. The van der Waals surface area contributed by atoms with Crippen molar-refractivity contribution < 1.29 is 24.3 Å². The summed E-state index contributed by atoms with van der Waals surface area (Å²) in [6.45, 7) is -0.175. The minimum absolute atomic E-state index is 0.0462. The number of carbonyl (C=O) groups is 4. The van der Waals surface area contributed by atoms with Crippen LogP contribution in [0.3, 0.4) is 0 Å². The molecule has 0 bridgehead atoms. The van der Waals surface area contributed by atoms with E-state index in [1.165, 1.54) is 4.57 Å². The molecule has 1 saturated carbocycles. The predicted octanol–water partition coefficient (Wildman–Crippen LogP) is 1.10. The highest BCUT2D eigenvalue weighted by Crippen LogP contribution is 2.48. The van der Waals surface area contributed by atoms with Crippen LogP contribution in [0.2, 0.25) is 0 Å². The van der Waals surface area contributed by atoms with Gasteiger partial charge in [-0.15, -0.1) is 0 Å². The lowest BCUT2D eigenvalue weighted by Crippen LogP contribution is -2.55. The van der Waals surface area contributed by atoms with Gasteiger partial charge in [-0.1, -0.05) is 31.0 Å². The first-order valence-electron chi connectivity index (χ1n) is 9.18. The van der Waals surface area contributed by atoms with E-state index in [1.54, 1.807) is 31.3 Å². The van der Waals surface area contributed by atoms with Crippen LogP contribution in [-0.2, 0) is 26.8 Å². The van der Waals surface area contributed by atoms with Crippen LogP contribution in [0, 0.1) is 5.92 Å². The molecule has 3 rings (SSSR count). The van der Waals surface area contributed by atoms with Gasteiger partial charge in [-0.05, 0) is 18.9 Å². The number of aldehydes is 1. The topological polar surface area (TPSA) is 131 Å². The number of nitrogens with two attached hydrogens (primary N) is 1. The molecule has 0 unspecified atom stereocenters. The number of nitrogens with one attached hydrogen (secondary N) is 1. The number of aryl methyl sites for hydroxylation is 1. The van der Waals surface area contributed by atoms with Crippen molar-refractivity contribution in [2.75, 3.05) is 6.54 Å². The molecule has 1 heterocycles. The molecule has 1 aromatic carbocycles. The maximum atomic E-state index is 12.9. The Bertz CT molecular complexity index is 964. The number of benzene rings is 1. The highest BCUT2D eigenvalue weighted by atomic mass is 16.4. The molecule has 1 fully saturated rings. The number of fused-ring (bicyclic) bond motifs is 1. The van der Waals surface area contributed by atoms with Crippen molar-refractivity contribution in [2.45, 2.75) is 31.1 Å². The van der Waals surface area contributed by atoms with Gasteiger partial charge in [0.2, 0.25) is 11.8 Å². The molecule has 2 atom stereocenters. The maximum absolute atomic E-state index is 12.9. The Kier molecular flexibility index (Phi) is 5.22. The van der Waals surface area contributed by atoms with E-state index in [4.69, 9.17) is 5.73 Å². The van der Waals surface area contributed by atoms with Crippen molar-refractivity contribution in [3.63, 3.8) is 0 Å². The molecule has 2 amide bonds. The third kappa shape index (κ3) is 2.85. The maximum Gasteiger partial charge on any atom is 0.352 e. The van der Waals surface area contributed by atoms with Crippen LogP contribution in [0.15, 0.2) is 24.3 Å². The summed E-state index contributed by atoms with van der Waals surface area (Å²) in [7, 11) is 1.62. The van der Waals surface area contributed by atoms with Gasteiger partial charge < -0.3 is 25.5 Å². The van der Waals surface area contributed by atoms with Crippen LogP contribution < -0.4 is 11.1 Å². The van der Waals surface area contributed by atoms with Gasteiger partial charge in [0.25, 0.3) is 0 Å². The molecule has 1 aromatic heterocycles. The molecular weight excluding hydrogens is 362 g/mol. The number of carboxylic acids is 1. The third-order valence-electron chi connectivity index (χ3n) is 5.78. The lowest BCUT2D eigenvalue weighted by Gasteiger charge is -2.41. The molecule has 28 heavy (non-hydrogen) atoms. The molecule has 0 aliphatic heterocycles. The summed E-state index contributed by atoms with van der Waals surface area (Å²) in [6.07, 6.45) is 2.57. The SMILES string of the molecule is Cn1c(C(=O)O)c([C@]2(C(N)=O)CCCC[C@H]2C(=O)NCC=O)c2ccccc21. The summed E-state index contributed by atoms with van der Waals surface area (Å²) in [5.41, 5.74) is 5.30. The first-order chi connectivity index (χ1) is 13.4. The van der Waals surface area contributed by atoms with Crippen LogP contribution >= 0.6 is 0 Å². The second-order valence-electron chi connectivity index (χ2n) is 7.15. The molecule has 148 valence electrons. The van der Waals surface area contributed by atoms with Crippen molar-refractivity contribution in [3.8, 4) is 0 Å². The monoisotopic (exact) mass is 385 g/mol. The summed E-state index contributed by atoms with van der Waals surface area (Å²) in [4.78, 5) is 48.5. The molecule has 1 aliphatic rings. The zero-order valence-electron chi connectivity index (χ0n) is 15.6. The highest BCUT2D eigenvalue weighted by molar-refractivity contribution is 6.06. The van der Waals surface area contributed by atoms with Gasteiger partial charge in [0, 0.05) is 23.5 Å². The number of primary amides is 1. The van der Waals surface area contributed by atoms with Crippen LogP contribution in [0.4, 0.5) is 0 Å². The van der Waals surface area contributed by atoms with E-state index in [2.05, 4.69) is 5.32 Å². The lowest BCUT2D eigenvalue weighted by atomic mass is 9.61. The van der Waals surface area contributed by atoms with Crippen LogP contribution in [0.25, 0.3) is 10.9 Å². The van der Waals surface area contributed by atoms with E-state index in [9.17, 15) is 24.3 Å². The Labute approximate surface area is 161 Å². The van der Waals surface area contributed by atoms with Gasteiger partial charge >= 0.3 is 5.97 Å². The van der Waals surface area contributed by atoms with Crippen molar-refractivity contribution in [2.24, 2.45) is 18.7 Å². The normalized spacial score (nSPS) is 22.0. The first kappa shape index (κ1) is 19.6. The number of rotatable bonds is 6. The van der Waals surface area contributed by atoms with Crippen molar-refractivity contribution in [1.29, 1.82) is 0 Å². The molecular formula is C20H23N3O5. The number of aromatic nitrogens is 1. The fourth-order valence-electron chi connectivity index (χ4n) is 4.61. The number of hydrogen-bond acceptors (Lipinski definition) is 4. The predicted molar refractivity (Wildman–Crippen MR) is 102 cm³/mol. The van der Waals surface area contributed by atoms with Crippen LogP contribution in [-0.4, -0.2) is 40.3 Å². The van der Waals surface area contributed by atoms with Gasteiger partial charge in [-0.25, -0.2) is 4.79 Å². The Morgan fingerprint density at radius 1 is 1.32 bits per heavy atom. The van der Waals surface area contributed by atoms with Gasteiger partial charge in [0.1, 0.15) is 12.0 Å². The van der Waals surface area contributed by atoms with E-state index in [-0.39, 0.29) is 24.2 Å². The number of para-hydroxylation sites is 1. The van der Waals surface area contributed by atoms with Crippen LogP contribution in [0.1, 0.15) is 41.7 Å². The molecule has 0 saturated heterocycles. The average molecular weight is 385 g/mol. The van der Waals surface area contributed by atoms with E-state index >= 15 is 0 Å². The fourth-order valence-corrected chi connectivity index (χ4v) is 4.61. The van der Waals surface area contributed by atoms with Gasteiger partial charge in [-0.3, -0.25) is 9.59 Å². The van der Waals surface area contributed by atoms with E-state index in [1.807, 2.05) is 0 Å². The summed E-state index contributed by atoms with van der Waals surface area (Å²) in [5.74, 6) is -3.22. The Morgan fingerprint density at radius 3 is 2.68 bits per heavy atom. The van der Waals surface area contributed by atoms with E-state index in [0.29, 0.717) is 36.5 Å². The zero-order valence-corrected chi connectivity index (χ0v) is 15.6. The number of carboxylic acid groups (broad SMARTS) is 1. The lowest BCUT2D eigenvalue weighted by molar-refractivity contribution is -0.137. The molecule has 1 aliphatic carbocycles. The third-order valence-corrected chi connectivity index (χ3v) is 5.78. The molecule has 0 radical (unpaired) electrons.